The van der Waals surface area contributed by atoms with Crippen LogP contribution in [0.4, 0.5) is 17.2 Å². The summed E-state index contributed by atoms with van der Waals surface area (Å²) < 4.78 is 5.22. The number of benzene rings is 1. The van der Waals surface area contributed by atoms with Crippen LogP contribution in [0.25, 0.3) is 0 Å². The summed E-state index contributed by atoms with van der Waals surface area (Å²) in [5, 5.41) is 3.97. The number of anilines is 3. The summed E-state index contributed by atoms with van der Waals surface area (Å²) >= 11 is 11.8. The Morgan fingerprint density at radius 1 is 1.22 bits per heavy atom. The lowest BCUT2D eigenvalue weighted by Crippen LogP contribution is -1.98. The fourth-order valence-electron chi connectivity index (χ4n) is 1.50. The fraction of sp³-hybridized carbons (Fsp3) is 0.0833. The van der Waals surface area contributed by atoms with Gasteiger partial charge in [0.05, 0.1) is 12.8 Å². The van der Waals surface area contributed by atoms with Crippen LogP contribution in [-0.4, -0.2) is 12.1 Å². The zero-order valence-corrected chi connectivity index (χ0v) is 11.1. The molecule has 0 saturated heterocycles. The molecule has 0 radical (unpaired) electrons. The normalized spacial score (nSPS) is 10.2. The number of ether oxygens (including phenoxy) is 1. The number of nitrogens with one attached hydrogen (secondary N) is 1. The molecule has 0 fully saturated rings. The van der Waals surface area contributed by atoms with Crippen molar-refractivity contribution >= 4 is 40.4 Å². The van der Waals surface area contributed by atoms with Crippen LogP contribution in [0.15, 0.2) is 30.3 Å². The van der Waals surface area contributed by atoms with Crippen molar-refractivity contribution < 1.29 is 4.74 Å². The first kappa shape index (κ1) is 12.8. The van der Waals surface area contributed by atoms with Crippen LogP contribution in [0.1, 0.15) is 0 Å². The number of nitrogens with zero attached hydrogens (tertiary/aromatic N) is 1. The molecular weight excluding hydrogens is 273 g/mol. The molecule has 6 heteroatoms. The molecule has 18 heavy (non-hydrogen) atoms. The van der Waals surface area contributed by atoms with Gasteiger partial charge in [-0.2, -0.15) is 0 Å². The second kappa shape index (κ2) is 5.33. The van der Waals surface area contributed by atoms with Crippen molar-refractivity contribution in [3.05, 3.63) is 40.5 Å². The fourth-order valence-corrected chi connectivity index (χ4v) is 1.89. The number of nitrogens with two attached hydrogens (primary N) is 1. The van der Waals surface area contributed by atoms with Crippen molar-refractivity contribution in [2.24, 2.45) is 0 Å². The average Bonchev–Trinajstić information content (AvgIpc) is 2.27. The van der Waals surface area contributed by atoms with Gasteiger partial charge in [-0.1, -0.05) is 23.2 Å². The minimum Gasteiger partial charge on any atom is -0.495 e. The third kappa shape index (κ3) is 2.97. The van der Waals surface area contributed by atoms with E-state index in [1.165, 1.54) is 0 Å². The van der Waals surface area contributed by atoms with Crippen LogP contribution in [0.3, 0.4) is 0 Å². The molecule has 94 valence electrons. The first-order valence-electron chi connectivity index (χ1n) is 5.12. The molecule has 2 rings (SSSR count). The van der Waals surface area contributed by atoms with Crippen molar-refractivity contribution in [1.82, 2.24) is 4.98 Å². The number of pyridine rings is 1. The van der Waals surface area contributed by atoms with Crippen LogP contribution in [0.2, 0.25) is 10.2 Å². The van der Waals surface area contributed by atoms with E-state index in [1.807, 2.05) is 0 Å². The number of rotatable bonds is 3. The first-order chi connectivity index (χ1) is 8.58. The number of halogens is 2. The molecule has 1 heterocycles. The quantitative estimate of drug-likeness (QED) is 0.843. The van der Waals surface area contributed by atoms with Crippen molar-refractivity contribution in [2.75, 3.05) is 18.2 Å². The van der Waals surface area contributed by atoms with Gasteiger partial charge in [-0.15, -0.1) is 0 Å². The lowest BCUT2D eigenvalue weighted by atomic mass is 10.3. The molecule has 0 spiro atoms. The summed E-state index contributed by atoms with van der Waals surface area (Å²) in [6.45, 7) is 0. The molecule has 4 nitrogen and oxygen atoms in total. The topological polar surface area (TPSA) is 60.2 Å². The van der Waals surface area contributed by atoms with Crippen molar-refractivity contribution in [2.45, 2.75) is 0 Å². The zero-order chi connectivity index (χ0) is 13.1. The third-order valence-electron chi connectivity index (χ3n) is 2.24. The van der Waals surface area contributed by atoms with Crippen molar-refractivity contribution in [3.63, 3.8) is 0 Å². The van der Waals surface area contributed by atoms with Gasteiger partial charge in [0.1, 0.15) is 16.7 Å². The molecule has 0 atom stereocenters. The van der Waals surface area contributed by atoms with E-state index in [1.54, 1.807) is 37.4 Å². The summed E-state index contributed by atoms with van der Waals surface area (Å²) in [5.74, 6) is 1.18. The maximum absolute atomic E-state index is 5.94. The minimum atomic E-state index is 0.318. The van der Waals surface area contributed by atoms with Crippen LogP contribution in [0.5, 0.6) is 5.75 Å². The second-order valence-corrected chi connectivity index (χ2v) is 4.40. The SMILES string of the molecule is COc1ccc(Cl)cc1Nc1cc(N)cc(Cl)n1. The number of nitrogen functional groups attached to an aromatic ring is 1. The van der Waals surface area contributed by atoms with Crippen LogP contribution >= 0.6 is 23.2 Å². The molecule has 0 aliphatic rings. The van der Waals surface area contributed by atoms with Gasteiger partial charge in [-0.3, -0.25) is 0 Å². The average molecular weight is 284 g/mol. The van der Waals surface area contributed by atoms with Gasteiger partial charge >= 0.3 is 0 Å². The van der Waals surface area contributed by atoms with Crippen molar-refractivity contribution in [3.8, 4) is 5.75 Å². The lowest BCUT2D eigenvalue weighted by Gasteiger charge is -2.11. The summed E-state index contributed by atoms with van der Waals surface area (Å²) in [6, 6.07) is 8.48. The van der Waals surface area contributed by atoms with E-state index in [0.29, 0.717) is 33.1 Å². The highest BCUT2D eigenvalue weighted by atomic mass is 35.5. The highest BCUT2D eigenvalue weighted by Gasteiger charge is 2.06. The molecule has 0 unspecified atom stereocenters. The Labute approximate surface area is 115 Å². The van der Waals surface area contributed by atoms with E-state index in [9.17, 15) is 0 Å². The van der Waals surface area contributed by atoms with Gasteiger partial charge in [-0.05, 0) is 24.3 Å². The van der Waals surface area contributed by atoms with E-state index in [2.05, 4.69) is 10.3 Å². The third-order valence-corrected chi connectivity index (χ3v) is 2.67. The molecule has 1 aromatic carbocycles. The van der Waals surface area contributed by atoms with E-state index >= 15 is 0 Å². The number of hydrogen-bond acceptors (Lipinski definition) is 4. The largest absolute Gasteiger partial charge is 0.495 e. The predicted molar refractivity (Wildman–Crippen MR) is 74.9 cm³/mol. The molecule has 0 aliphatic carbocycles. The molecule has 0 aliphatic heterocycles. The number of methoxy groups -OCH3 is 1. The van der Waals surface area contributed by atoms with Crippen LogP contribution in [-0.2, 0) is 0 Å². The molecular formula is C12H11Cl2N3O. The summed E-state index contributed by atoms with van der Waals surface area (Å²) in [4.78, 5) is 4.11. The Bertz CT molecular complexity index is 555. The van der Waals surface area contributed by atoms with Gasteiger partial charge in [0.25, 0.3) is 0 Å². The Hall–Kier alpha value is -1.65. The molecule has 3 N–H and O–H groups in total. The minimum absolute atomic E-state index is 0.318. The molecule has 2 aromatic rings. The second-order valence-electron chi connectivity index (χ2n) is 3.58. The summed E-state index contributed by atoms with van der Waals surface area (Å²) in [5.41, 5.74) is 6.91. The zero-order valence-electron chi connectivity index (χ0n) is 9.58. The maximum Gasteiger partial charge on any atom is 0.142 e. The van der Waals surface area contributed by atoms with Gasteiger partial charge in [0.2, 0.25) is 0 Å². The van der Waals surface area contributed by atoms with E-state index in [0.717, 1.165) is 0 Å². The summed E-state index contributed by atoms with van der Waals surface area (Å²) in [6.07, 6.45) is 0. The Kier molecular flexibility index (Phi) is 3.79. The number of aromatic nitrogens is 1. The van der Waals surface area contributed by atoms with E-state index < -0.39 is 0 Å². The lowest BCUT2D eigenvalue weighted by molar-refractivity contribution is 0.417. The van der Waals surface area contributed by atoms with E-state index in [4.69, 9.17) is 33.7 Å². The van der Waals surface area contributed by atoms with Gasteiger partial charge < -0.3 is 15.8 Å². The smallest absolute Gasteiger partial charge is 0.142 e. The highest BCUT2D eigenvalue weighted by molar-refractivity contribution is 6.31. The van der Waals surface area contributed by atoms with Crippen LogP contribution in [0, 0.1) is 0 Å². The molecule has 1 aromatic heterocycles. The van der Waals surface area contributed by atoms with Gasteiger partial charge in [-0.25, -0.2) is 4.98 Å². The van der Waals surface area contributed by atoms with E-state index in [-0.39, 0.29) is 0 Å². The van der Waals surface area contributed by atoms with Crippen LogP contribution < -0.4 is 15.8 Å². The monoisotopic (exact) mass is 283 g/mol. The Morgan fingerprint density at radius 2 is 2.00 bits per heavy atom. The van der Waals surface area contributed by atoms with Gasteiger partial charge in [0, 0.05) is 16.8 Å². The highest BCUT2D eigenvalue weighted by Crippen LogP contribution is 2.30. The molecule has 0 bridgehead atoms. The summed E-state index contributed by atoms with van der Waals surface area (Å²) in [7, 11) is 1.58. The Balaban J connectivity index is 2.35. The Morgan fingerprint density at radius 3 is 2.67 bits per heavy atom. The van der Waals surface area contributed by atoms with Crippen molar-refractivity contribution in [1.29, 1.82) is 0 Å². The first-order valence-corrected chi connectivity index (χ1v) is 5.87. The standard InChI is InChI=1S/C12H11Cl2N3O/c1-18-10-3-2-7(13)4-9(10)16-12-6-8(15)5-11(14)17-12/h2-6H,1H3,(H3,15,16,17). The molecule has 0 saturated carbocycles. The van der Waals surface area contributed by atoms with Gasteiger partial charge in [0.15, 0.2) is 0 Å². The predicted octanol–water partition coefficient (Wildman–Crippen LogP) is 3.72. The maximum atomic E-state index is 5.94. The number of hydrogen-bond donors (Lipinski definition) is 2. The molecule has 0 amide bonds.